The van der Waals surface area contributed by atoms with E-state index >= 15 is 0 Å². The smallest absolute Gasteiger partial charge is 0.338 e. The van der Waals surface area contributed by atoms with E-state index in [0.717, 1.165) is 0 Å². The molecule has 4 nitrogen and oxygen atoms in total. The minimum absolute atomic E-state index is 0.312. The molecule has 20 heavy (non-hydrogen) atoms. The van der Waals surface area contributed by atoms with Crippen LogP contribution in [0.25, 0.3) is 0 Å². The van der Waals surface area contributed by atoms with E-state index in [0.29, 0.717) is 18.4 Å². The molecule has 1 saturated heterocycles. The minimum Gasteiger partial charge on any atom is -0.467 e. The SMILES string of the molecule is CCC1(CC)O[C@H](C(=O)OC)[C@H](c2ccccc2F)O1. The van der Waals surface area contributed by atoms with Crippen LogP contribution in [0.3, 0.4) is 0 Å². The normalized spacial score (nSPS) is 24.6. The molecule has 1 heterocycles. The molecule has 1 aliphatic rings. The van der Waals surface area contributed by atoms with Crippen LogP contribution in [0.4, 0.5) is 4.39 Å². The zero-order valence-electron chi connectivity index (χ0n) is 11.9. The molecule has 1 aromatic carbocycles. The number of carbonyl (C=O) groups is 1. The highest BCUT2D eigenvalue weighted by molar-refractivity contribution is 5.76. The maximum atomic E-state index is 14.0. The Morgan fingerprint density at radius 1 is 1.30 bits per heavy atom. The second-order valence-electron chi connectivity index (χ2n) is 4.74. The monoisotopic (exact) mass is 282 g/mol. The van der Waals surface area contributed by atoms with Gasteiger partial charge in [0.2, 0.25) is 0 Å². The van der Waals surface area contributed by atoms with Crippen molar-refractivity contribution in [1.82, 2.24) is 0 Å². The van der Waals surface area contributed by atoms with Crippen LogP contribution >= 0.6 is 0 Å². The molecule has 0 aliphatic carbocycles. The molecule has 0 amide bonds. The second kappa shape index (κ2) is 5.89. The summed E-state index contributed by atoms with van der Waals surface area (Å²) in [5.74, 6) is -1.84. The van der Waals surface area contributed by atoms with Gasteiger partial charge >= 0.3 is 5.97 Å². The lowest BCUT2D eigenvalue weighted by molar-refractivity contribution is -0.187. The zero-order valence-corrected chi connectivity index (χ0v) is 11.9. The van der Waals surface area contributed by atoms with Gasteiger partial charge in [0.1, 0.15) is 11.9 Å². The predicted molar refractivity (Wildman–Crippen MR) is 70.4 cm³/mol. The van der Waals surface area contributed by atoms with Gasteiger partial charge in [0.05, 0.1) is 7.11 Å². The topological polar surface area (TPSA) is 44.8 Å². The average Bonchev–Trinajstić information content (AvgIpc) is 2.87. The number of rotatable bonds is 4. The highest BCUT2D eigenvalue weighted by Crippen LogP contribution is 2.43. The quantitative estimate of drug-likeness (QED) is 0.796. The minimum atomic E-state index is -0.947. The van der Waals surface area contributed by atoms with Crippen molar-refractivity contribution in [3.63, 3.8) is 0 Å². The number of methoxy groups -OCH3 is 1. The number of halogens is 1. The standard InChI is InChI=1S/C15H19FO4/c1-4-15(5-2)19-12(13(20-15)14(17)18-3)10-8-6-7-9-11(10)16/h6-9,12-13H,4-5H2,1-3H3/t12-,13-/m0/s1. The third-order valence-corrected chi connectivity index (χ3v) is 3.68. The molecule has 0 spiro atoms. The number of benzene rings is 1. The Hall–Kier alpha value is -1.46. The molecule has 2 atom stereocenters. The zero-order chi connectivity index (χ0) is 14.8. The maximum Gasteiger partial charge on any atom is 0.338 e. The van der Waals surface area contributed by atoms with Gasteiger partial charge < -0.3 is 14.2 Å². The summed E-state index contributed by atoms with van der Waals surface area (Å²) < 4.78 is 30.3. The fourth-order valence-electron chi connectivity index (χ4n) is 2.42. The second-order valence-corrected chi connectivity index (χ2v) is 4.74. The predicted octanol–water partition coefficient (Wildman–Crippen LogP) is 2.97. The van der Waals surface area contributed by atoms with E-state index in [-0.39, 0.29) is 0 Å². The molecule has 1 aromatic rings. The fraction of sp³-hybridized carbons (Fsp3) is 0.533. The fourth-order valence-corrected chi connectivity index (χ4v) is 2.42. The van der Waals surface area contributed by atoms with Gasteiger partial charge in [0.25, 0.3) is 0 Å². The van der Waals surface area contributed by atoms with E-state index in [1.807, 2.05) is 13.8 Å². The van der Waals surface area contributed by atoms with Gasteiger partial charge in [-0.2, -0.15) is 0 Å². The highest BCUT2D eigenvalue weighted by Gasteiger charge is 2.50. The molecule has 5 heteroatoms. The van der Waals surface area contributed by atoms with Crippen molar-refractivity contribution < 1.29 is 23.4 Å². The van der Waals surface area contributed by atoms with Crippen LogP contribution in [0.15, 0.2) is 24.3 Å². The van der Waals surface area contributed by atoms with E-state index in [1.165, 1.54) is 13.2 Å². The number of hydrogen-bond donors (Lipinski definition) is 0. The number of ether oxygens (including phenoxy) is 3. The number of carbonyl (C=O) groups excluding carboxylic acids is 1. The highest BCUT2D eigenvalue weighted by atomic mass is 19.1. The molecule has 1 fully saturated rings. The van der Waals surface area contributed by atoms with Crippen LogP contribution in [0.2, 0.25) is 0 Å². The van der Waals surface area contributed by atoms with Gasteiger partial charge in [-0.3, -0.25) is 0 Å². The van der Waals surface area contributed by atoms with Gasteiger partial charge in [-0.1, -0.05) is 32.0 Å². The van der Waals surface area contributed by atoms with Crippen LogP contribution in [0.1, 0.15) is 38.4 Å². The number of hydrogen-bond acceptors (Lipinski definition) is 4. The lowest BCUT2D eigenvalue weighted by Crippen LogP contribution is -2.32. The van der Waals surface area contributed by atoms with Crippen LogP contribution < -0.4 is 0 Å². The van der Waals surface area contributed by atoms with E-state index in [4.69, 9.17) is 14.2 Å². The van der Waals surface area contributed by atoms with Crippen LogP contribution in [-0.2, 0) is 19.0 Å². The molecule has 0 N–H and O–H groups in total. The van der Waals surface area contributed by atoms with Crippen LogP contribution in [0, 0.1) is 5.82 Å². The van der Waals surface area contributed by atoms with Crippen LogP contribution in [0.5, 0.6) is 0 Å². The summed E-state index contributed by atoms with van der Waals surface area (Å²) in [6.45, 7) is 3.81. The third kappa shape index (κ3) is 2.55. The first-order valence-electron chi connectivity index (χ1n) is 6.74. The lowest BCUT2D eigenvalue weighted by atomic mass is 10.0. The van der Waals surface area contributed by atoms with E-state index in [2.05, 4.69) is 0 Å². The Balaban J connectivity index is 2.38. The third-order valence-electron chi connectivity index (χ3n) is 3.68. The molecular formula is C15H19FO4. The first-order valence-corrected chi connectivity index (χ1v) is 6.74. The van der Waals surface area contributed by atoms with Crippen molar-refractivity contribution in [2.45, 2.75) is 44.7 Å². The molecule has 0 radical (unpaired) electrons. The Bertz CT molecular complexity index is 485. The van der Waals surface area contributed by atoms with Crippen molar-refractivity contribution in [3.8, 4) is 0 Å². The van der Waals surface area contributed by atoms with E-state index in [1.54, 1.807) is 18.2 Å². The Kier molecular flexibility index (Phi) is 4.40. The van der Waals surface area contributed by atoms with Crippen molar-refractivity contribution >= 4 is 5.97 Å². The maximum absolute atomic E-state index is 14.0. The summed E-state index contributed by atoms with van der Waals surface area (Å²) in [4.78, 5) is 11.9. The molecule has 0 aromatic heterocycles. The molecule has 1 aliphatic heterocycles. The molecular weight excluding hydrogens is 263 g/mol. The summed E-state index contributed by atoms with van der Waals surface area (Å²) in [5, 5.41) is 0. The molecule has 2 rings (SSSR count). The summed E-state index contributed by atoms with van der Waals surface area (Å²) in [6, 6.07) is 6.23. The Morgan fingerprint density at radius 3 is 2.50 bits per heavy atom. The summed E-state index contributed by atoms with van der Waals surface area (Å²) in [5.41, 5.74) is 0.312. The Morgan fingerprint density at radius 2 is 1.95 bits per heavy atom. The molecule has 0 unspecified atom stereocenters. The van der Waals surface area contributed by atoms with E-state index < -0.39 is 29.8 Å². The van der Waals surface area contributed by atoms with Crippen molar-refractivity contribution in [3.05, 3.63) is 35.6 Å². The van der Waals surface area contributed by atoms with Gasteiger partial charge in [0, 0.05) is 5.56 Å². The van der Waals surface area contributed by atoms with Gasteiger partial charge in [-0.25, -0.2) is 9.18 Å². The lowest BCUT2D eigenvalue weighted by Gasteiger charge is -2.24. The first-order chi connectivity index (χ1) is 9.56. The van der Waals surface area contributed by atoms with Crippen molar-refractivity contribution in [2.75, 3.05) is 7.11 Å². The van der Waals surface area contributed by atoms with Gasteiger partial charge in [-0.05, 0) is 18.9 Å². The first kappa shape index (κ1) is 14.9. The van der Waals surface area contributed by atoms with Crippen molar-refractivity contribution in [2.24, 2.45) is 0 Å². The Labute approximate surface area is 117 Å². The molecule has 110 valence electrons. The molecule has 0 saturated carbocycles. The number of esters is 1. The summed E-state index contributed by atoms with van der Waals surface area (Å²) in [6.07, 6.45) is -0.593. The van der Waals surface area contributed by atoms with Crippen LogP contribution in [-0.4, -0.2) is 25.0 Å². The van der Waals surface area contributed by atoms with E-state index in [9.17, 15) is 9.18 Å². The van der Waals surface area contributed by atoms with Gasteiger partial charge in [0.15, 0.2) is 11.9 Å². The van der Waals surface area contributed by atoms with Gasteiger partial charge in [-0.15, -0.1) is 0 Å². The summed E-state index contributed by atoms with van der Waals surface area (Å²) >= 11 is 0. The largest absolute Gasteiger partial charge is 0.467 e. The van der Waals surface area contributed by atoms with Crippen molar-refractivity contribution in [1.29, 1.82) is 0 Å². The summed E-state index contributed by atoms with van der Waals surface area (Å²) in [7, 11) is 1.28. The average molecular weight is 282 g/mol. The molecule has 0 bridgehead atoms.